The van der Waals surface area contributed by atoms with Gasteiger partial charge in [0.2, 0.25) is 5.88 Å². The molecule has 0 aliphatic carbocycles. The molecule has 0 aliphatic rings. The summed E-state index contributed by atoms with van der Waals surface area (Å²) >= 11 is 1.03. The zero-order chi connectivity index (χ0) is 18.4. The smallest absolute Gasteiger partial charge is 0.329 e. The third kappa shape index (κ3) is 6.07. The molecule has 2 N–H and O–H groups in total. The molecule has 0 fully saturated rings. The molecule has 2 atom stereocenters. The Morgan fingerprint density at radius 2 is 2.24 bits per heavy atom. The highest BCUT2D eigenvalue weighted by Crippen LogP contribution is 2.18. The van der Waals surface area contributed by atoms with Crippen molar-refractivity contribution < 1.29 is 19.4 Å². The van der Waals surface area contributed by atoms with Gasteiger partial charge in [0.15, 0.2) is 0 Å². The fraction of sp³-hybridized carbons (Fsp3) is 0.600. The van der Waals surface area contributed by atoms with Gasteiger partial charge in [0, 0.05) is 19.8 Å². The van der Waals surface area contributed by atoms with Gasteiger partial charge in [-0.2, -0.15) is 9.47 Å². The summed E-state index contributed by atoms with van der Waals surface area (Å²) in [5, 5.41) is 17.2. The zero-order valence-electron chi connectivity index (χ0n) is 14.7. The molecule has 0 amide bonds. The molecule has 0 radical (unpaired) electrons. The number of nitrogens with one attached hydrogen (secondary N) is 1. The van der Waals surface area contributed by atoms with Crippen LogP contribution in [-0.4, -0.2) is 54.5 Å². The number of aryl methyl sites for hydroxylation is 1. The standard InChI is InChI=1S/C15H23N5O4S/c1-15(2,3)24-14(22)13(11-5-6-17-20(11)4)16-7-10(21)9-23-12-8-18-25-19-12/h5-6,8,10,13,16,21H,7,9H2,1-4H3. The van der Waals surface area contributed by atoms with Crippen LogP contribution in [0.3, 0.4) is 0 Å². The van der Waals surface area contributed by atoms with Gasteiger partial charge >= 0.3 is 5.97 Å². The second kappa shape index (κ2) is 8.37. The second-order valence-corrected chi connectivity index (χ2v) is 7.02. The predicted molar refractivity (Wildman–Crippen MR) is 91.2 cm³/mol. The van der Waals surface area contributed by atoms with Gasteiger partial charge in [-0.3, -0.25) is 10.00 Å². The Morgan fingerprint density at radius 3 is 2.80 bits per heavy atom. The average molecular weight is 369 g/mol. The normalized spacial score (nSPS) is 14.1. The van der Waals surface area contributed by atoms with Crippen LogP contribution in [-0.2, 0) is 16.6 Å². The highest BCUT2D eigenvalue weighted by atomic mass is 32.1. The first-order chi connectivity index (χ1) is 11.8. The van der Waals surface area contributed by atoms with E-state index in [2.05, 4.69) is 19.2 Å². The Hall–Kier alpha value is -2.04. The van der Waals surface area contributed by atoms with Crippen molar-refractivity contribution >= 4 is 17.7 Å². The van der Waals surface area contributed by atoms with E-state index in [1.807, 2.05) is 0 Å². The van der Waals surface area contributed by atoms with E-state index in [4.69, 9.17) is 9.47 Å². The van der Waals surface area contributed by atoms with Gasteiger partial charge in [0.25, 0.3) is 0 Å². The number of aromatic nitrogens is 4. The maximum atomic E-state index is 12.5. The van der Waals surface area contributed by atoms with Crippen molar-refractivity contribution in [2.75, 3.05) is 13.2 Å². The number of carbonyl (C=O) groups excluding carboxylic acids is 1. The van der Waals surface area contributed by atoms with Crippen LogP contribution >= 0.6 is 11.7 Å². The summed E-state index contributed by atoms with van der Waals surface area (Å²) < 4.78 is 20.1. The molecule has 25 heavy (non-hydrogen) atoms. The van der Waals surface area contributed by atoms with E-state index in [0.29, 0.717) is 11.6 Å². The number of rotatable bonds is 8. The first kappa shape index (κ1) is 19.3. The monoisotopic (exact) mass is 369 g/mol. The average Bonchev–Trinajstić information content (AvgIpc) is 3.16. The van der Waals surface area contributed by atoms with Gasteiger partial charge in [-0.25, -0.2) is 4.79 Å². The summed E-state index contributed by atoms with van der Waals surface area (Å²) in [5.41, 5.74) is 0.0284. The second-order valence-electron chi connectivity index (χ2n) is 6.46. The van der Waals surface area contributed by atoms with Crippen molar-refractivity contribution in [3.63, 3.8) is 0 Å². The minimum Gasteiger partial charge on any atom is -0.473 e. The number of carbonyl (C=O) groups is 1. The number of esters is 1. The van der Waals surface area contributed by atoms with Crippen molar-refractivity contribution in [3.05, 3.63) is 24.2 Å². The molecule has 2 aromatic rings. The molecule has 0 aliphatic heterocycles. The van der Waals surface area contributed by atoms with Crippen molar-refractivity contribution in [2.45, 2.75) is 38.5 Å². The fourth-order valence-corrected chi connectivity index (χ4v) is 2.42. The summed E-state index contributed by atoms with van der Waals surface area (Å²) in [6.07, 6.45) is 2.24. The molecule has 9 nitrogen and oxygen atoms in total. The van der Waals surface area contributed by atoms with E-state index >= 15 is 0 Å². The minimum absolute atomic E-state index is 0.0326. The summed E-state index contributed by atoms with van der Waals surface area (Å²) in [4.78, 5) is 12.5. The molecule has 2 unspecified atom stereocenters. The van der Waals surface area contributed by atoms with Gasteiger partial charge < -0.3 is 14.6 Å². The van der Waals surface area contributed by atoms with Gasteiger partial charge in [-0.05, 0) is 26.8 Å². The Labute approximate surface area is 150 Å². The van der Waals surface area contributed by atoms with E-state index in [9.17, 15) is 9.90 Å². The number of hydrogen-bond donors (Lipinski definition) is 2. The lowest BCUT2D eigenvalue weighted by Crippen LogP contribution is -2.40. The lowest BCUT2D eigenvalue weighted by atomic mass is 10.1. The largest absolute Gasteiger partial charge is 0.473 e. The molecule has 0 saturated heterocycles. The van der Waals surface area contributed by atoms with E-state index in [0.717, 1.165) is 11.7 Å². The summed E-state index contributed by atoms with van der Waals surface area (Å²) in [5.74, 6) is -0.0766. The molecule has 2 rings (SSSR count). The first-order valence-electron chi connectivity index (χ1n) is 7.79. The molecular formula is C15H23N5O4S. The third-order valence-electron chi connectivity index (χ3n) is 3.12. The molecule has 2 aromatic heterocycles. The van der Waals surface area contributed by atoms with Crippen LogP contribution in [0.2, 0.25) is 0 Å². The van der Waals surface area contributed by atoms with E-state index in [1.54, 1.807) is 44.8 Å². The molecule has 2 heterocycles. The number of aliphatic hydroxyl groups excluding tert-OH is 1. The fourth-order valence-electron chi connectivity index (χ4n) is 2.05. The van der Waals surface area contributed by atoms with Crippen LogP contribution < -0.4 is 10.1 Å². The highest BCUT2D eigenvalue weighted by Gasteiger charge is 2.29. The molecule has 0 bridgehead atoms. The Kier molecular flexibility index (Phi) is 6.45. The SMILES string of the molecule is Cn1nccc1C(NCC(O)COc1cnsn1)C(=O)OC(C)(C)C. The molecule has 0 spiro atoms. The highest BCUT2D eigenvalue weighted by molar-refractivity contribution is 6.99. The van der Waals surface area contributed by atoms with Crippen molar-refractivity contribution in [1.82, 2.24) is 23.8 Å². The quantitative estimate of drug-likeness (QED) is 0.654. The maximum Gasteiger partial charge on any atom is 0.329 e. The van der Waals surface area contributed by atoms with Crippen molar-refractivity contribution in [1.29, 1.82) is 0 Å². The van der Waals surface area contributed by atoms with Gasteiger partial charge in [0.05, 0.1) is 17.4 Å². The number of hydrogen-bond acceptors (Lipinski definition) is 9. The number of nitrogens with zero attached hydrogens (tertiary/aromatic N) is 4. The summed E-state index contributed by atoms with van der Waals surface area (Å²) in [6.45, 7) is 5.57. The van der Waals surface area contributed by atoms with E-state index < -0.39 is 23.7 Å². The maximum absolute atomic E-state index is 12.5. The van der Waals surface area contributed by atoms with Crippen LogP contribution in [0.1, 0.15) is 32.5 Å². The molecule has 0 aromatic carbocycles. The molecule has 138 valence electrons. The molecule has 0 saturated carbocycles. The minimum atomic E-state index is -0.833. The molecular weight excluding hydrogens is 346 g/mol. The number of aliphatic hydroxyl groups is 1. The van der Waals surface area contributed by atoms with Crippen LogP contribution in [0.4, 0.5) is 0 Å². The summed E-state index contributed by atoms with van der Waals surface area (Å²) in [6, 6.07) is 0.980. The van der Waals surface area contributed by atoms with Gasteiger partial charge in [-0.1, -0.05) is 0 Å². The Balaban J connectivity index is 1.96. The van der Waals surface area contributed by atoms with Crippen molar-refractivity contribution in [3.8, 4) is 5.88 Å². The van der Waals surface area contributed by atoms with E-state index in [1.165, 1.54) is 6.20 Å². The van der Waals surface area contributed by atoms with Gasteiger partial charge in [-0.15, -0.1) is 4.37 Å². The zero-order valence-corrected chi connectivity index (χ0v) is 15.5. The van der Waals surface area contributed by atoms with Crippen LogP contribution in [0, 0.1) is 0 Å². The van der Waals surface area contributed by atoms with E-state index in [-0.39, 0.29) is 13.2 Å². The predicted octanol–water partition coefficient (Wildman–Crippen LogP) is 0.684. The van der Waals surface area contributed by atoms with Crippen molar-refractivity contribution in [2.24, 2.45) is 7.05 Å². The van der Waals surface area contributed by atoms with Crippen LogP contribution in [0.25, 0.3) is 0 Å². The first-order valence-corrected chi connectivity index (χ1v) is 8.52. The number of ether oxygens (including phenoxy) is 2. The Morgan fingerprint density at radius 1 is 1.48 bits per heavy atom. The lowest BCUT2D eigenvalue weighted by molar-refractivity contribution is -0.158. The lowest BCUT2D eigenvalue weighted by Gasteiger charge is -2.25. The van der Waals surface area contributed by atoms with Crippen LogP contribution in [0.5, 0.6) is 5.88 Å². The molecule has 10 heteroatoms. The third-order valence-corrected chi connectivity index (χ3v) is 3.58. The summed E-state index contributed by atoms with van der Waals surface area (Å²) in [7, 11) is 1.74. The topological polar surface area (TPSA) is 111 Å². The van der Waals surface area contributed by atoms with Crippen LogP contribution in [0.15, 0.2) is 18.5 Å². The Bertz CT molecular complexity index is 668. The van der Waals surface area contributed by atoms with Gasteiger partial charge in [0.1, 0.15) is 30.6 Å².